The standard InChI is InChI=1S/C74H104N8O16/c1-43(2)33-61-71(91)97-65(39-53-17-25-55(26-18-53)77-67(87)59(75-49(11)83)37-51-21-29-57(85)30-22-51)69(89)81(15)64(36-46(7)8)74(94)96-48(10)42-80(14)62(34-44(3)4)72(92)98-66(70(90)82(16)63(35-45(5)6)73(93)95-47(9)41-79(61)13)40-54-19-27-56(28-20-54)78-68(88)60(76-50(12)84)38-52-23-31-58(86)32-24-52/h17-32,43-48,59-66,85-86H,33-42H2,1-16H3,(H,75,83)(H,76,84)(H,77,87)(H,78,88). The maximum Gasteiger partial charge on any atom is 0.329 e. The van der Waals surface area contributed by atoms with Crippen LogP contribution in [-0.2, 0) is 92.6 Å². The number of carbonyl (C=O) groups excluding carboxylic acids is 10. The van der Waals surface area contributed by atoms with E-state index >= 15 is 9.59 Å². The Morgan fingerprint density at radius 3 is 0.990 bits per heavy atom. The summed E-state index contributed by atoms with van der Waals surface area (Å²) in [5.74, 6) is -6.73. The minimum Gasteiger partial charge on any atom is -0.508 e. The normalized spacial score (nSPS) is 21.8. The van der Waals surface area contributed by atoms with E-state index in [1.165, 1.54) is 62.0 Å². The van der Waals surface area contributed by atoms with Crippen molar-refractivity contribution in [3.63, 3.8) is 0 Å². The number of benzene rings is 4. The summed E-state index contributed by atoms with van der Waals surface area (Å²) < 4.78 is 25.0. The highest BCUT2D eigenvalue weighted by Crippen LogP contribution is 2.26. The lowest BCUT2D eigenvalue weighted by Crippen LogP contribution is -2.53. The van der Waals surface area contributed by atoms with Gasteiger partial charge in [-0.1, -0.05) is 104 Å². The summed E-state index contributed by atoms with van der Waals surface area (Å²) in [6.07, 6.45) is -4.14. The van der Waals surface area contributed by atoms with Crippen LogP contribution >= 0.6 is 0 Å². The number of phenols is 2. The van der Waals surface area contributed by atoms with Gasteiger partial charge in [-0.3, -0.25) is 48.2 Å². The molecule has 24 nitrogen and oxygen atoms in total. The highest BCUT2D eigenvalue weighted by atomic mass is 16.6. The van der Waals surface area contributed by atoms with Gasteiger partial charge in [0.2, 0.25) is 23.6 Å². The molecule has 0 spiro atoms. The zero-order chi connectivity index (χ0) is 72.8. The predicted molar refractivity (Wildman–Crippen MR) is 371 cm³/mol. The summed E-state index contributed by atoms with van der Waals surface area (Å²) >= 11 is 0. The Balaban J connectivity index is 1.51. The molecule has 4 aromatic carbocycles. The third-order valence-corrected chi connectivity index (χ3v) is 16.8. The number of likely N-dealkylation sites (N-methyl/N-ethyl adjacent to an activating group) is 4. The molecule has 5 rings (SSSR count). The number of aromatic hydroxyl groups is 2. The van der Waals surface area contributed by atoms with Crippen LogP contribution in [-0.4, -0.2) is 191 Å². The second-order valence-electron chi connectivity index (χ2n) is 27.7. The van der Waals surface area contributed by atoms with Gasteiger partial charge in [0.25, 0.3) is 11.8 Å². The van der Waals surface area contributed by atoms with Crippen LogP contribution in [0.1, 0.15) is 131 Å². The van der Waals surface area contributed by atoms with Crippen molar-refractivity contribution in [2.45, 2.75) is 195 Å². The monoisotopic (exact) mass is 1360 g/mol. The van der Waals surface area contributed by atoms with E-state index in [1.54, 1.807) is 111 Å². The number of rotatable bonds is 22. The van der Waals surface area contributed by atoms with E-state index in [0.717, 1.165) is 0 Å². The molecule has 6 N–H and O–H groups in total. The van der Waals surface area contributed by atoms with Crippen LogP contribution in [0.3, 0.4) is 0 Å². The molecule has 10 atom stereocenters. The van der Waals surface area contributed by atoms with Crippen molar-refractivity contribution in [1.29, 1.82) is 0 Å². The fourth-order valence-corrected chi connectivity index (χ4v) is 11.8. The van der Waals surface area contributed by atoms with Crippen molar-refractivity contribution in [3.05, 3.63) is 119 Å². The van der Waals surface area contributed by atoms with Gasteiger partial charge in [0.05, 0.1) is 0 Å². The zero-order valence-corrected chi connectivity index (χ0v) is 59.8. The first-order valence-corrected chi connectivity index (χ1v) is 33.7. The van der Waals surface area contributed by atoms with E-state index < -0.39 is 120 Å². The molecule has 1 saturated heterocycles. The molecular formula is C74H104N8O16. The van der Waals surface area contributed by atoms with Crippen LogP contribution in [0.5, 0.6) is 11.5 Å². The Labute approximate surface area is 577 Å². The van der Waals surface area contributed by atoms with Crippen molar-refractivity contribution in [2.24, 2.45) is 23.7 Å². The molecule has 24 heteroatoms. The maximum atomic E-state index is 15.2. The van der Waals surface area contributed by atoms with Gasteiger partial charge in [0, 0.05) is 78.1 Å². The largest absolute Gasteiger partial charge is 0.508 e. The molecule has 98 heavy (non-hydrogen) atoms. The van der Waals surface area contributed by atoms with Gasteiger partial charge in [-0.25, -0.2) is 9.59 Å². The topological polar surface area (TPSA) is 309 Å². The van der Waals surface area contributed by atoms with Gasteiger partial charge in [0.1, 0.15) is 60.0 Å². The van der Waals surface area contributed by atoms with E-state index in [-0.39, 0.29) is 99.6 Å². The number of anilines is 2. The zero-order valence-electron chi connectivity index (χ0n) is 59.8. The predicted octanol–water partition coefficient (Wildman–Crippen LogP) is 7.39. The molecule has 0 radical (unpaired) electrons. The summed E-state index contributed by atoms with van der Waals surface area (Å²) in [5, 5.41) is 30.6. The lowest BCUT2D eigenvalue weighted by atomic mass is 10.00. The molecule has 1 heterocycles. The smallest absolute Gasteiger partial charge is 0.329 e. The highest BCUT2D eigenvalue weighted by Gasteiger charge is 2.41. The van der Waals surface area contributed by atoms with Crippen LogP contribution in [0.15, 0.2) is 97.1 Å². The van der Waals surface area contributed by atoms with Gasteiger partial charge < -0.3 is 60.2 Å². The Bertz CT molecular complexity index is 3110. The molecule has 536 valence electrons. The first kappa shape index (κ1) is 79.8. The van der Waals surface area contributed by atoms with E-state index in [2.05, 4.69) is 21.3 Å². The average Bonchev–Trinajstić information content (AvgIpc) is 0.839. The minimum atomic E-state index is -1.51. The number of amides is 6. The number of ether oxygens (including phenoxy) is 4. The lowest BCUT2D eigenvalue weighted by Gasteiger charge is -2.35. The number of nitrogens with zero attached hydrogens (tertiary/aromatic N) is 4. The Hall–Kier alpha value is -8.90. The molecule has 1 aliphatic heterocycles. The summed E-state index contributed by atoms with van der Waals surface area (Å²) in [4.78, 5) is 147. The highest BCUT2D eigenvalue weighted by molar-refractivity contribution is 5.98. The number of esters is 4. The lowest BCUT2D eigenvalue weighted by molar-refractivity contribution is -0.171. The summed E-state index contributed by atoms with van der Waals surface area (Å²) in [6, 6.07) is 19.2. The van der Waals surface area contributed by atoms with Crippen LogP contribution in [0.2, 0.25) is 0 Å². The summed E-state index contributed by atoms with van der Waals surface area (Å²) in [6.45, 7) is 21.1. The molecule has 1 aliphatic rings. The third kappa shape index (κ3) is 25.5. The second kappa shape index (κ2) is 37.7. The van der Waals surface area contributed by atoms with Crippen molar-refractivity contribution in [1.82, 2.24) is 30.2 Å². The quantitative estimate of drug-likeness (QED) is 0.0330. The molecule has 0 aliphatic carbocycles. The van der Waals surface area contributed by atoms with Crippen LogP contribution in [0, 0.1) is 23.7 Å². The summed E-state index contributed by atoms with van der Waals surface area (Å²) in [5.41, 5.74) is 3.13. The van der Waals surface area contributed by atoms with Crippen molar-refractivity contribution in [3.8, 4) is 11.5 Å². The van der Waals surface area contributed by atoms with Crippen LogP contribution in [0.25, 0.3) is 0 Å². The number of nitrogens with one attached hydrogen (secondary N) is 4. The first-order chi connectivity index (χ1) is 46.1. The van der Waals surface area contributed by atoms with Gasteiger partial charge in [0.15, 0.2) is 12.2 Å². The van der Waals surface area contributed by atoms with Crippen molar-refractivity contribution < 1.29 is 77.1 Å². The van der Waals surface area contributed by atoms with Gasteiger partial charge in [-0.05, 0) is 148 Å². The molecule has 0 aromatic heterocycles. The molecule has 6 amide bonds. The van der Waals surface area contributed by atoms with E-state index in [4.69, 9.17) is 18.9 Å². The van der Waals surface area contributed by atoms with Crippen LogP contribution in [0.4, 0.5) is 11.4 Å². The van der Waals surface area contributed by atoms with E-state index in [1.807, 2.05) is 55.4 Å². The van der Waals surface area contributed by atoms with Gasteiger partial charge in [-0.2, -0.15) is 0 Å². The van der Waals surface area contributed by atoms with E-state index in [0.29, 0.717) is 33.6 Å². The summed E-state index contributed by atoms with van der Waals surface area (Å²) in [7, 11) is 6.24. The van der Waals surface area contributed by atoms with Crippen molar-refractivity contribution in [2.75, 3.05) is 51.9 Å². The SMILES string of the molecule is CC(=O)NC(Cc1ccc(O)cc1)C(=O)Nc1ccc(CC2OC(=O)C(CC(C)C)N(C)CC(C)OC(=O)C(CC(C)C)N(C)C(=O)C(Cc3ccc(NC(=O)C(Cc4ccc(O)cc4)NC(C)=O)cc3)OC(=O)C(CC(C)C)N(C)CC(C)OC(=O)C(CC(C)C)N(C)C2=O)cc1. The average molecular weight is 1360 g/mol. The van der Waals surface area contributed by atoms with Gasteiger partial charge in [-0.15, -0.1) is 0 Å². The number of phenolic OH excluding ortho intramolecular Hbond substituents is 2. The molecule has 1 fully saturated rings. The molecule has 0 saturated carbocycles. The first-order valence-electron chi connectivity index (χ1n) is 33.7. The van der Waals surface area contributed by atoms with E-state index in [9.17, 15) is 48.6 Å². The molecule has 0 bridgehead atoms. The molecule has 10 unspecified atom stereocenters. The Kier molecular flexibility index (Phi) is 30.7. The number of carbonyl (C=O) groups is 10. The second-order valence-corrected chi connectivity index (χ2v) is 27.7. The third-order valence-electron chi connectivity index (χ3n) is 16.8. The van der Waals surface area contributed by atoms with Crippen LogP contribution < -0.4 is 21.3 Å². The number of hydrogen-bond donors (Lipinski definition) is 6. The number of hydrogen-bond acceptors (Lipinski definition) is 18. The minimum absolute atomic E-state index is 0.0119. The van der Waals surface area contributed by atoms with Crippen molar-refractivity contribution >= 4 is 70.7 Å². The Morgan fingerprint density at radius 2 is 0.704 bits per heavy atom. The fraction of sp³-hybridized carbons (Fsp3) is 0.541. The maximum absolute atomic E-state index is 15.2. The fourth-order valence-electron chi connectivity index (χ4n) is 11.8. The van der Waals surface area contributed by atoms with Gasteiger partial charge >= 0.3 is 23.9 Å². The Morgan fingerprint density at radius 1 is 0.429 bits per heavy atom. The molecule has 4 aromatic rings. The molecular weight excluding hydrogens is 1260 g/mol. The number of cyclic esters (lactones) is 4.